The minimum atomic E-state index is 0.0256. The minimum Gasteiger partial charge on any atom is -0.493 e. The zero-order chi connectivity index (χ0) is 23.0. The van der Waals surface area contributed by atoms with Crippen LogP contribution in [0.15, 0.2) is 30.5 Å². The molecule has 1 aliphatic heterocycles. The second-order valence-corrected chi connectivity index (χ2v) is 9.24. The summed E-state index contributed by atoms with van der Waals surface area (Å²) in [7, 11) is 0. The second-order valence-electron chi connectivity index (χ2n) is 9.24. The number of piperidine rings is 1. The van der Waals surface area contributed by atoms with Gasteiger partial charge >= 0.3 is 0 Å². The Morgan fingerprint density at radius 3 is 2.06 bits per heavy atom. The zero-order valence-corrected chi connectivity index (χ0v) is 21.2. The molecule has 1 aromatic carbocycles. The molecule has 0 unspecified atom stereocenters. The van der Waals surface area contributed by atoms with Crippen molar-refractivity contribution >= 4 is 0 Å². The Kier molecular flexibility index (Phi) is 9.16. The van der Waals surface area contributed by atoms with Gasteiger partial charge in [0.2, 0.25) is 0 Å². The highest BCUT2D eigenvalue weighted by atomic mass is 16.5. The van der Waals surface area contributed by atoms with Gasteiger partial charge in [-0.2, -0.15) is 0 Å². The van der Waals surface area contributed by atoms with E-state index < -0.39 is 0 Å². The van der Waals surface area contributed by atoms with Crippen LogP contribution in [0.25, 0.3) is 11.3 Å². The summed E-state index contributed by atoms with van der Waals surface area (Å²) < 4.78 is 6.37. The molecule has 0 atom stereocenters. The van der Waals surface area contributed by atoms with Gasteiger partial charge in [-0.15, -0.1) is 0 Å². The Labute approximate surface area is 196 Å². The van der Waals surface area contributed by atoms with Crippen molar-refractivity contribution in [1.29, 1.82) is 0 Å². The van der Waals surface area contributed by atoms with Gasteiger partial charge in [0.25, 0.3) is 0 Å². The molecule has 0 saturated carbocycles. The van der Waals surface area contributed by atoms with Crippen LogP contribution < -0.4 is 4.74 Å². The van der Waals surface area contributed by atoms with Crippen LogP contribution in [0.4, 0.5) is 0 Å². The topological polar surface area (TPSA) is 25.4 Å². The van der Waals surface area contributed by atoms with E-state index in [2.05, 4.69) is 70.0 Å². The number of hydrogen-bond acceptors (Lipinski definition) is 3. The molecule has 2 heterocycles. The van der Waals surface area contributed by atoms with Gasteiger partial charge in [-0.3, -0.25) is 9.88 Å². The van der Waals surface area contributed by atoms with Crippen molar-refractivity contribution in [1.82, 2.24) is 9.88 Å². The normalized spacial score (nSPS) is 15.2. The SMILES string of the molecule is CCCC(CCC)(c1cnc(-c2c(CC)cccc2CC)cc1OCC)N1CCCCC1. The zero-order valence-electron chi connectivity index (χ0n) is 21.2. The molecule has 1 aromatic heterocycles. The molecule has 3 heteroatoms. The summed E-state index contributed by atoms with van der Waals surface area (Å²) in [5.74, 6) is 1.04. The Balaban J connectivity index is 2.18. The van der Waals surface area contributed by atoms with Crippen molar-refractivity contribution < 1.29 is 4.74 Å². The van der Waals surface area contributed by atoms with Gasteiger partial charge in [-0.1, -0.05) is 65.2 Å². The number of ether oxygens (including phenoxy) is 1. The molecular weight excluding hydrogens is 392 g/mol. The highest BCUT2D eigenvalue weighted by Gasteiger charge is 2.40. The third-order valence-electron chi connectivity index (χ3n) is 7.21. The maximum Gasteiger partial charge on any atom is 0.128 e. The summed E-state index contributed by atoms with van der Waals surface area (Å²) in [6.07, 6.45) is 12.8. The highest BCUT2D eigenvalue weighted by molar-refractivity contribution is 5.70. The van der Waals surface area contributed by atoms with E-state index in [0.29, 0.717) is 6.61 Å². The van der Waals surface area contributed by atoms with E-state index in [1.165, 1.54) is 67.4 Å². The van der Waals surface area contributed by atoms with Crippen LogP contribution in [0, 0.1) is 0 Å². The van der Waals surface area contributed by atoms with Crippen LogP contribution in [-0.2, 0) is 18.4 Å². The summed E-state index contributed by atoms with van der Waals surface area (Å²) in [6, 6.07) is 8.92. The summed E-state index contributed by atoms with van der Waals surface area (Å²) in [5, 5.41) is 0. The Bertz CT molecular complexity index is 826. The molecule has 1 aliphatic rings. The van der Waals surface area contributed by atoms with Crippen molar-refractivity contribution in [3.8, 4) is 17.0 Å². The molecule has 0 aliphatic carbocycles. The fraction of sp³-hybridized carbons (Fsp3) is 0.621. The lowest BCUT2D eigenvalue weighted by Crippen LogP contribution is -2.49. The van der Waals surface area contributed by atoms with Crippen LogP contribution in [0.2, 0.25) is 0 Å². The van der Waals surface area contributed by atoms with Crippen LogP contribution in [-0.4, -0.2) is 29.6 Å². The largest absolute Gasteiger partial charge is 0.493 e. The molecule has 3 rings (SSSR count). The molecule has 2 aromatic rings. The van der Waals surface area contributed by atoms with Crippen molar-refractivity contribution in [2.24, 2.45) is 0 Å². The Morgan fingerprint density at radius 1 is 0.906 bits per heavy atom. The molecule has 0 N–H and O–H groups in total. The average molecular weight is 437 g/mol. The van der Waals surface area contributed by atoms with Gasteiger partial charge in [-0.05, 0) is 69.7 Å². The minimum absolute atomic E-state index is 0.0256. The smallest absolute Gasteiger partial charge is 0.128 e. The summed E-state index contributed by atoms with van der Waals surface area (Å²) in [6.45, 7) is 14.3. The van der Waals surface area contributed by atoms with Gasteiger partial charge in [0, 0.05) is 23.4 Å². The number of aromatic nitrogens is 1. The fourth-order valence-corrected chi connectivity index (χ4v) is 5.80. The van der Waals surface area contributed by atoms with Gasteiger partial charge in [-0.25, -0.2) is 0 Å². The summed E-state index contributed by atoms with van der Waals surface area (Å²) in [4.78, 5) is 7.89. The standard InChI is InChI=1S/C29H44N2O/c1-6-17-29(18-7-2,31-19-12-11-13-20-31)25-22-30-26(21-27(25)32-10-5)28-23(8-3)15-14-16-24(28)9-4/h14-16,21-22H,6-13,17-20H2,1-5H3. The van der Waals surface area contributed by atoms with Crippen LogP contribution in [0.5, 0.6) is 5.75 Å². The van der Waals surface area contributed by atoms with Crippen LogP contribution >= 0.6 is 0 Å². The first-order valence-electron chi connectivity index (χ1n) is 13.1. The molecule has 3 nitrogen and oxygen atoms in total. The molecule has 0 spiro atoms. The Hall–Kier alpha value is -1.87. The van der Waals surface area contributed by atoms with Gasteiger partial charge < -0.3 is 4.74 Å². The van der Waals surface area contributed by atoms with Crippen LogP contribution in [0.1, 0.15) is 96.3 Å². The molecule has 176 valence electrons. The van der Waals surface area contributed by atoms with Crippen molar-refractivity contribution in [2.45, 2.75) is 97.9 Å². The first-order chi connectivity index (χ1) is 15.6. The maximum atomic E-state index is 6.37. The van der Waals surface area contributed by atoms with E-state index in [1.807, 2.05) is 0 Å². The van der Waals surface area contributed by atoms with Gasteiger partial charge in [0.05, 0.1) is 17.8 Å². The van der Waals surface area contributed by atoms with E-state index in [1.54, 1.807) is 0 Å². The lowest BCUT2D eigenvalue weighted by molar-refractivity contribution is 0.0431. The van der Waals surface area contributed by atoms with Crippen LogP contribution in [0.3, 0.4) is 0 Å². The average Bonchev–Trinajstić information content (AvgIpc) is 2.84. The maximum absolute atomic E-state index is 6.37. The molecule has 0 amide bonds. The van der Waals surface area contributed by atoms with Crippen molar-refractivity contribution in [3.05, 3.63) is 47.2 Å². The molecular formula is C29H44N2O. The highest BCUT2D eigenvalue weighted by Crippen LogP contribution is 2.44. The molecule has 1 fully saturated rings. The van der Waals surface area contributed by atoms with E-state index in [-0.39, 0.29) is 5.54 Å². The van der Waals surface area contributed by atoms with E-state index >= 15 is 0 Å². The molecule has 32 heavy (non-hydrogen) atoms. The molecule has 1 saturated heterocycles. The number of rotatable bonds is 11. The monoisotopic (exact) mass is 436 g/mol. The third kappa shape index (κ3) is 5.03. The molecule has 0 radical (unpaired) electrons. The number of pyridine rings is 1. The van der Waals surface area contributed by atoms with Crippen molar-refractivity contribution in [3.63, 3.8) is 0 Å². The number of benzene rings is 1. The first-order valence-corrected chi connectivity index (χ1v) is 13.1. The Morgan fingerprint density at radius 2 is 1.53 bits per heavy atom. The lowest BCUT2D eigenvalue weighted by atomic mass is 9.79. The summed E-state index contributed by atoms with van der Waals surface area (Å²) >= 11 is 0. The first kappa shape index (κ1) is 24.8. The van der Waals surface area contributed by atoms with E-state index in [9.17, 15) is 0 Å². The lowest BCUT2D eigenvalue weighted by Gasteiger charge is -2.47. The third-order valence-corrected chi connectivity index (χ3v) is 7.21. The quantitative estimate of drug-likeness (QED) is 0.363. The second kappa shape index (κ2) is 11.8. The number of nitrogens with zero attached hydrogens (tertiary/aromatic N) is 2. The predicted octanol–water partition coefficient (Wildman–Crippen LogP) is 7.55. The summed E-state index contributed by atoms with van der Waals surface area (Å²) in [5.41, 5.74) is 6.44. The number of likely N-dealkylation sites (tertiary alicyclic amines) is 1. The van der Waals surface area contributed by atoms with Gasteiger partial charge in [0.1, 0.15) is 5.75 Å². The number of hydrogen-bond donors (Lipinski definition) is 0. The predicted molar refractivity (Wildman–Crippen MR) is 137 cm³/mol. The van der Waals surface area contributed by atoms with E-state index in [0.717, 1.165) is 37.1 Å². The van der Waals surface area contributed by atoms with Crippen molar-refractivity contribution in [2.75, 3.05) is 19.7 Å². The number of aryl methyl sites for hydroxylation is 2. The molecule has 0 bridgehead atoms. The van der Waals surface area contributed by atoms with Gasteiger partial charge in [0.15, 0.2) is 0 Å². The fourth-order valence-electron chi connectivity index (χ4n) is 5.80. The van der Waals surface area contributed by atoms with E-state index in [4.69, 9.17) is 9.72 Å².